The Morgan fingerprint density at radius 3 is 2.35 bits per heavy atom. The number of hydrogen-bond donors (Lipinski definition) is 2. The average molecular weight is 243 g/mol. The van der Waals surface area contributed by atoms with Gasteiger partial charge < -0.3 is 10.4 Å². The van der Waals surface area contributed by atoms with E-state index < -0.39 is 5.97 Å². The number of carboxylic acid groups (broad SMARTS) is 1. The highest BCUT2D eigenvalue weighted by Crippen LogP contribution is 2.05. The van der Waals surface area contributed by atoms with E-state index in [1.807, 2.05) is 6.92 Å². The zero-order valence-electron chi connectivity index (χ0n) is 11.0. The predicted octanol–water partition coefficient (Wildman–Crippen LogP) is 2.72. The summed E-state index contributed by atoms with van der Waals surface area (Å²) in [4.78, 5) is 21.8. The molecule has 0 radical (unpaired) electrons. The lowest BCUT2D eigenvalue weighted by Crippen LogP contribution is -2.32. The van der Waals surface area contributed by atoms with Crippen molar-refractivity contribution in [2.75, 3.05) is 0 Å². The predicted molar refractivity (Wildman–Crippen MR) is 67.9 cm³/mol. The molecule has 0 aliphatic carbocycles. The first-order valence-electron chi connectivity index (χ1n) is 6.57. The number of nitrogens with one attached hydrogen (secondary N) is 1. The van der Waals surface area contributed by atoms with Gasteiger partial charge in [-0.05, 0) is 19.8 Å². The van der Waals surface area contributed by atoms with E-state index in [1.165, 1.54) is 19.3 Å². The number of carbonyl (C=O) groups is 2. The number of carboxylic acids is 1. The molecule has 100 valence electrons. The van der Waals surface area contributed by atoms with Crippen molar-refractivity contribution in [1.29, 1.82) is 0 Å². The molecule has 1 unspecified atom stereocenters. The highest BCUT2D eigenvalue weighted by Gasteiger charge is 2.08. The summed E-state index contributed by atoms with van der Waals surface area (Å²) in [6, 6.07) is -0.0470. The Morgan fingerprint density at radius 1 is 1.12 bits per heavy atom. The molecular formula is C13H25NO3. The number of unbranched alkanes of at least 4 members (excludes halogenated alkanes) is 4. The van der Waals surface area contributed by atoms with Crippen molar-refractivity contribution in [1.82, 2.24) is 5.32 Å². The van der Waals surface area contributed by atoms with Gasteiger partial charge in [0.05, 0.1) is 0 Å². The summed E-state index contributed by atoms with van der Waals surface area (Å²) in [5.41, 5.74) is 0. The van der Waals surface area contributed by atoms with Crippen molar-refractivity contribution in [3.8, 4) is 0 Å². The van der Waals surface area contributed by atoms with E-state index in [0.29, 0.717) is 12.8 Å². The fourth-order valence-corrected chi connectivity index (χ4v) is 1.65. The van der Waals surface area contributed by atoms with Crippen molar-refractivity contribution >= 4 is 11.9 Å². The van der Waals surface area contributed by atoms with Gasteiger partial charge in [-0.3, -0.25) is 9.59 Å². The third-order valence-corrected chi connectivity index (χ3v) is 2.71. The summed E-state index contributed by atoms with van der Waals surface area (Å²) >= 11 is 0. The highest BCUT2D eigenvalue weighted by molar-refractivity contribution is 5.76. The van der Waals surface area contributed by atoms with Crippen molar-refractivity contribution < 1.29 is 14.7 Å². The minimum absolute atomic E-state index is 0.0411. The lowest BCUT2D eigenvalue weighted by atomic mass is 10.1. The van der Waals surface area contributed by atoms with Crippen LogP contribution in [0.1, 0.15) is 65.2 Å². The Kier molecular flexibility index (Phi) is 9.49. The standard InChI is InChI=1S/C13H25NO3/c1-3-4-5-6-7-8-12(15)14-11(2)9-10-13(16)17/h11H,3-10H2,1-2H3,(H,14,15)(H,16,17). The highest BCUT2D eigenvalue weighted by atomic mass is 16.4. The Balaban J connectivity index is 3.47. The molecule has 0 saturated carbocycles. The quantitative estimate of drug-likeness (QED) is 0.580. The van der Waals surface area contributed by atoms with Gasteiger partial charge in [0.2, 0.25) is 5.91 Å². The summed E-state index contributed by atoms with van der Waals surface area (Å²) in [7, 11) is 0. The molecule has 0 rings (SSSR count). The minimum Gasteiger partial charge on any atom is -0.481 e. The molecule has 2 N–H and O–H groups in total. The lowest BCUT2D eigenvalue weighted by Gasteiger charge is -2.12. The lowest BCUT2D eigenvalue weighted by molar-refractivity contribution is -0.137. The van der Waals surface area contributed by atoms with Crippen LogP contribution in [-0.2, 0) is 9.59 Å². The first-order chi connectivity index (χ1) is 8.06. The van der Waals surface area contributed by atoms with Gasteiger partial charge in [-0.15, -0.1) is 0 Å². The second-order valence-electron chi connectivity index (χ2n) is 4.57. The van der Waals surface area contributed by atoms with Gasteiger partial charge >= 0.3 is 5.97 Å². The van der Waals surface area contributed by atoms with Crippen LogP contribution in [0, 0.1) is 0 Å². The van der Waals surface area contributed by atoms with Gasteiger partial charge in [-0.25, -0.2) is 0 Å². The molecule has 0 fully saturated rings. The van der Waals surface area contributed by atoms with E-state index in [4.69, 9.17) is 5.11 Å². The van der Waals surface area contributed by atoms with Crippen LogP contribution in [0.4, 0.5) is 0 Å². The summed E-state index contributed by atoms with van der Waals surface area (Å²) in [5, 5.41) is 11.3. The molecule has 0 saturated heterocycles. The molecular weight excluding hydrogens is 218 g/mol. The van der Waals surface area contributed by atoms with Crippen LogP contribution in [0.3, 0.4) is 0 Å². The summed E-state index contributed by atoms with van der Waals surface area (Å²) < 4.78 is 0. The summed E-state index contributed by atoms with van der Waals surface area (Å²) in [6.45, 7) is 4.01. The SMILES string of the molecule is CCCCCCCC(=O)NC(C)CCC(=O)O. The second-order valence-corrected chi connectivity index (χ2v) is 4.57. The van der Waals surface area contributed by atoms with Gasteiger partial charge in [0.15, 0.2) is 0 Å². The zero-order chi connectivity index (χ0) is 13.1. The molecule has 4 nitrogen and oxygen atoms in total. The number of amides is 1. The van der Waals surface area contributed by atoms with Gasteiger partial charge in [-0.2, -0.15) is 0 Å². The monoisotopic (exact) mass is 243 g/mol. The molecule has 0 bridgehead atoms. The number of aliphatic carboxylic acids is 1. The van der Waals surface area contributed by atoms with Crippen LogP contribution < -0.4 is 5.32 Å². The van der Waals surface area contributed by atoms with Gasteiger partial charge in [0.1, 0.15) is 0 Å². The molecule has 0 aromatic carbocycles. The van der Waals surface area contributed by atoms with E-state index in [-0.39, 0.29) is 18.4 Å². The molecule has 0 aliphatic rings. The molecule has 1 amide bonds. The maximum absolute atomic E-state index is 11.5. The third-order valence-electron chi connectivity index (χ3n) is 2.71. The Bertz CT molecular complexity index is 229. The first kappa shape index (κ1) is 15.9. The van der Waals surface area contributed by atoms with E-state index in [0.717, 1.165) is 12.8 Å². The van der Waals surface area contributed by atoms with Crippen molar-refractivity contribution in [2.24, 2.45) is 0 Å². The molecule has 0 aromatic rings. The van der Waals surface area contributed by atoms with Gasteiger partial charge in [-0.1, -0.05) is 32.6 Å². The maximum atomic E-state index is 11.5. The number of hydrogen-bond acceptors (Lipinski definition) is 2. The molecule has 1 atom stereocenters. The molecule has 0 heterocycles. The summed E-state index contributed by atoms with van der Waals surface area (Å²) in [5.74, 6) is -0.773. The van der Waals surface area contributed by atoms with Crippen LogP contribution in [-0.4, -0.2) is 23.0 Å². The fraction of sp³-hybridized carbons (Fsp3) is 0.846. The second kappa shape index (κ2) is 10.1. The van der Waals surface area contributed by atoms with Crippen LogP contribution in [0.15, 0.2) is 0 Å². The smallest absolute Gasteiger partial charge is 0.303 e. The van der Waals surface area contributed by atoms with Gasteiger partial charge in [0, 0.05) is 18.9 Å². The molecule has 0 spiro atoms. The van der Waals surface area contributed by atoms with Crippen LogP contribution >= 0.6 is 0 Å². The average Bonchev–Trinajstić information content (AvgIpc) is 2.26. The Morgan fingerprint density at radius 2 is 1.76 bits per heavy atom. The normalized spacial score (nSPS) is 12.1. The van der Waals surface area contributed by atoms with Crippen molar-refractivity contribution in [3.05, 3.63) is 0 Å². The number of rotatable bonds is 10. The van der Waals surface area contributed by atoms with E-state index >= 15 is 0 Å². The van der Waals surface area contributed by atoms with E-state index in [1.54, 1.807) is 0 Å². The zero-order valence-corrected chi connectivity index (χ0v) is 11.0. The topological polar surface area (TPSA) is 66.4 Å². The first-order valence-corrected chi connectivity index (χ1v) is 6.57. The van der Waals surface area contributed by atoms with Crippen molar-refractivity contribution in [2.45, 2.75) is 71.3 Å². The largest absolute Gasteiger partial charge is 0.481 e. The van der Waals surface area contributed by atoms with Gasteiger partial charge in [0.25, 0.3) is 0 Å². The molecule has 17 heavy (non-hydrogen) atoms. The van der Waals surface area contributed by atoms with Crippen molar-refractivity contribution in [3.63, 3.8) is 0 Å². The van der Waals surface area contributed by atoms with E-state index in [2.05, 4.69) is 12.2 Å². The molecule has 4 heteroatoms. The molecule has 0 aliphatic heterocycles. The fourth-order valence-electron chi connectivity index (χ4n) is 1.65. The third kappa shape index (κ3) is 11.2. The van der Waals surface area contributed by atoms with E-state index in [9.17, 15) is 9.59 Å². The summed E-state index contributed by atoms with van der Waals surface area (Å²) in [6.07, 6.45) is 6.83. The van der Waals surface area contributed by atoms with Crippen LogP contribution in [0.25, 0.3) is 0 Å². The minimum atomic E-state index is -0.814. The number of carbonyl (C=O) groups excluding carboxylic acids is 1. The van der Waals surface area contributed by atoms with Crippen LogP contribution in [0.5, 0.6) is 0 Å². The van der Waals surface area contributed by atoms with Crippen LogP contribution in [0.2, 0.25) is 0 Å². The maximum Gasteiger partial charge on any atom is 0.303 e. The Labute approximate surface area is 104 Å². The molecule has 0 aromatic heterocycles. The Hall–Kier alpha value is -1.06.